The van der Waals surface area contributed by atoms with Crippen LogP contribution in [0.3, 0.4) is 0 Å². The van der Waals surface area contributed by atoms with Crippen molar-refractivity contribution in [3.05, 3.63) is 11.3 Å². The third-order valence-electron chi connectivity index (χ3n) is 2.83. The fourth-order valence-electron chi connectivity index (χ4n) is 1.91. The predicted molar refractivity (Wildman–Crippen MR) is 52.5 cm³/mol. The summed E-state index contributed by atoms with van der Waals surface area (Å²) in [5.74, 6) is -0.526. The van der Waals surface area contributed by atoms with Crippen LogP contribution in [0.5, 0.6) is 0 Å². The molecule has 1 aliphatic carbocycles. The molecular formula is C11H15NO2. The van der Waals surface area contributed by atoms with Crippen LogP contribution in [0, 0.1) is 23.2 Å². The lowest BCUT2D eigenvalue weighted by Crippen LogP contribution is -2.27. The molecule has 0 radical (unpaired) electrons. The number of carbonyl (C=O) groups is 1. The molecule has 0 fully saturated rings. The molecule has 0 amide bonds. The minimum atomic E-state index is -0.479. The molecule has 2 atom stereocenters. The Bertz CT molecular complexity index is 312. The molecule has 0 aromatic heterocycles. The van der Waals surface area contributed by atoms with E-state index in [2.05, 4.69) is 0 Å². The van der Waals surface area contributed by atoms with Crippen molar-refractivity contribution < 1.29 is 9.90 Å². The van der Waals surface area contributed by atoms with E-state index in [-0.39, 0.29) is 17.5 Å². The molecule has 0 aromatic carbocycles. The second-order valence-electron chi connectivity index (χ2n) is 3.60. The van der Waals surface area contributed by atoms with E-state index in [1.165, 1.54) is 0 Å². The minimum absolute atomic E-state index is 0.00435. The summed E-state index contributed by atoms with van der Waals surface area (Å²) < 4.78 is 0. The van der Waals surface area contributed by atoms with Gasteiger partial charge in [-0.25, -0.2) is 0 Å². The SMILES string of the molecule is CCC1=C(O)C(C#N)CC(CC)C1=O. The maximum Gasteiger partial charge on any atom is 0.165 e. The molecule has 0 aliphatic heterocycles. The van der Waals surface area contributed by atoms with Gasteiger partial charge in [-0.05, 0) is 19.3 Å². The van der Waals surface area contributed by atoms with Crippen molar-refractivity contribution >= 4 is 5.78 Å². The molecular weight excluding hydrogens is 178 g/mol. The minimum Gasteiger partial charge on any atom is -0.510 e. The zero-order chi connectivity index (χ0) is 10.7. The van der Waals surface area contributed by atoms with Crippen molar-refractivity contribution in [2.75, 3.05) is 0 Å². The van der Waals surface area contributed by atoms with Gasteiger partial charge in [0.25, 0.3) is 0 Å². The molecule has 0 saturated carbocycles. The first-order valence-electron chi connectivity index (χ1n) is 5.01. The normalized spacial score (nSPS) is 27.6. The third kappa shape index (κ3) is 1.65. The highest BCUT2D eigenvalue weighted by atomic mass is 16.3. The molecule has 1 aliphatic rings. The standard InChI is InChI=1S/C11H15NO2/c1-3-7-5-8(6-12)11(14)9(4-2)10(7)13/h7-8,14H,3-5H2,1-2H3. The van der Waals surface area contributed by atoms with Gasteiger partial charge in [-0.1, -0.05) is 13.8 Å². The number of hydrogen-bond donors (Lipinski definition) is 1. The third-order valence-corrected chi connectivity index (χ3v) is 2.83. The monoisotopic (exact) mass is 193 g/mol. The van der Waals surface area contributed by atoms with E-state index in [1.807, 2.05) is 19.9 Å². The number of hydrogen-bond acceptors (Lipinski definition) is 3. The Labute approximate surface area is 84.0 Å². The van der Waals surface area contributed by atoms with Gasteiger partial charge < -0.3 is 5.11 Å². The molecule has 1 rings (SSSR count). The first-order valence-corrected chi connectivity index (χ1v) is 5.01. The van der Waals surface area contributed by atoms with Gasteiger partial charge in [0.1, 0.15) is 11.7 Å². The Kier molecular flexibility index (Phi) is 3.29. The number of aliphatic hydroxyl groups is 1. The zero-order valence-corrected chi connectivity index (χ0v) is 8.58. The molecule has 1 N–H and O–H groups in total. The Morgan fingerprint density at radius 2 is 2.21 bits per heavy atom. The molecule has 0 spiro atoms. The number of ketones is 1. The average molecular weight is 193 g/mol. The summed E-state index contributed by atoms with van der Waals surface area (Å²) >= 11 is 0. The average Bonchev–Trinajstić information content (AvgIpc) is 2.19. The Hall–Kier alpha value is -1.30. The lowest BCUT2D eigenvalue weighted by atomic mass is 9.78. The van der Waals surface area contributed by atoms with Gasteiger partial charge in [0.15, 0.2) is 5.78 Å². The van der Waals surface area contributed by atoms with Crippen LogP contribution in [0.4, 0.5) is 0 Å². The fraction of sp³-hybridized carbons (Fsp3) is 0.636. The van der Waals surface area contributed by atoms with Crippen molar-refractivity contribution in [2.24, 2.45) is 11.8 Å². The first kappa shape index (κ1) is 10.8. The lowest BCUT2D eigenvalue weighted by molar-refractivity contribution is -0.120. The molecule has 2 unspecified atom stereocenters. The van der Waals surface area contributed by atoms with Gasteiger partial charge in [0.2, 0.25) is 0 Å². The number of allylic oxidation sites excluding steroid dienone is 2. The van der Waals surface area contributed by atoms with Gasteiger partial charge in [-0.3, -0.25) is 4.79 Å². The summed E-state index contributed by atoms with van der Waals surface area (Å²) in [6.45, 7) is 3.77. The van der Waals surface area contributed by atoms with Gasteiger partial charge in [-0.2, -0.15) is 5.26 Å². The summed E-state index contributed by atoms with van der Waals surface area (Å²) in [5, 5.41) is 18.5. The first-order chi connectivity index (χ1) is 6.65. The molecule has 3 heteroatoms. The lowest BCUT2D eigenvalue weighted by Gasteiger charge is -2.25. The molecule has 0 heterocycles. The van der Waals surface area contributed by atoms with Gasteiger partial charge >= 0.3 is 0 Å². The number of aliphatic hydroxyl groups excluding tert-OH is 1. The maximum absolute atomic E-state index is 11.7. The van der Waals surface area contributed by atoms with Gasteiger partial charge in [0.05, 0.1) is 6.07 Å². The van der Waals surface area contributed by atoms with Crippen LogP contribution in [0.15, 0.2) is 11.3 Å². The number of Topliss-reactive ketones (excluding diaryl/α,β-unsaturated/α-hetero) is 1. The Balaban J connectivity index is 3.07. The van der Waals surface area contributed by atoms with Crippen LogP contribution in [0.25, 0.3) is 0 Å². The van der Waals surface area contributed by atoms with E-state index in [9.17, 15) is 9.90 Å². The summed E-state index contributed by atoms with van der Waals surface area (Å²) in [5.41, 5.74) is 0.453. The van der Waals surface area contributed by atoms with Gasteiger partial charge in [0, 0.05) is 11.5 Å². The number of carbonyl (C=O) groups excluding carboxylic acids is 1. The van der Waals surface area contributed by atoms with Crippen LogP contribution in [-0.4, -0.2) is 10.9 Å². The summed E-state index contributed by atoms with van der Waals surface area (Å²) in [6, 6.07) is 2.04. The molecule has 0 bridgehead atoms. The second kappa shape index (κ2) is 4.28. The largest absolute Gasteiger partial charge is 0.510 e. The number of nitriles is 1. The summed E-state index contributed by atoms with van der Waals surface area (Å²) in [7, 11) is 0. The molecule has 0 saturated heterocycles. The quantitative estimate of drug-likeness (QED) is 0.732. The van der Waals surface area contributed by atoms with Crippen molar-refractivity contribution in [2.45, 2.75) is 33.1 Å². The molecule has 14 heavy (non-hydrogen) atoms. The predicted octanol–water partition coefficient (Wildman–Crippen LogP) is 2.35. The Morgan fingerprint density at radius 3 is 2.64 bits per heavy atom. The smallest absolute Gasteiger partial charge is 0.165 e. The Morgan fingerprint density at radius 1 is 1.57 bits per heavy atom. The van der Waals surface area contributed by atoms with Crippen molar-refractivity contribution in [1.29, 1.82) is 5.26 Å². The summed E-state index contributed by atoms with van der Waals surface area (Å²) in [6.07, 6.45) is 1.73. The topological polar surface area (TPSA) is 61.1 Å². The van der Waals surface area contributed by atoms with Crippen LogP contribution in [0.1, 0.15) is 33.1 Å². The molecule has 76 valence electrons. The van der Waals surface area contributed by atoms with E-state index in [1.54, 1.807) is 0 Å². The van der Waals surface area contributed by atoms with Crippen LogP contribution in [0.2, 0.25) is 0 Å². The van der Waals surface area contributed by atoms with Crippen molar-refractivity contribution in [3.63, 3.8) is 0 Å². The molecule has 3 nitrogen and oxygen atoms in total. The van der Waals surface area contributed by atoms with E-state index < -0.39 is 5.92 Å². The van der Waals surface area contributed by atoms with E-state index in [0.717, 1.165) is 6.42 Å². The van der Waals surface area contributed by atoms with Crippen molar-refractivity contribution in [1.82, 2.24) is 0 Å². The number of nitrogens with zero attached hydrogens (tertiary/aromatic N) is 1. The highest BCUT2D eigenvalue weighted by Gasteiger charge is 2.33. The van der Waals surface area contributed by atoms with E-state index in [0.29, 0.717) is 18.4 Å². The maximum atomic E-state index is 11.7. The highest BCUT2D eigenvalue weighted by Crippen LogP contribution is 2.32. The van der Waals surface area contributed by atoms with E-state index >= 15 is 0 Å². The number of rotatable bonds is 2. The fourth-order valence-corrected chi connectivity index (χ4v) is 1.91. The van der Waals surface area contributed by atoms with E-state index in [4.69, 9.17) is 5.26 Å². The highest BCUT2D eigenvalue weighted by molar-refractivity contribution is 5.98. The molecule has 0 aromatic rings. The van der Waals surface area contributed by atoms with Crippen molar-refractivity contribution in [3.8, 4) is 6.07 Å². The van der Waals surface area contributed by atoms with Crippen LogP contribution >= 0.6 is 0 Å². The van der Waals surface area contributed by atoms with Gasteiger partial charge in [-0.15, -0.1) is 0 Å². The summed E-state index contributed by atoms with van der Waals surface area (Å²) in [4.78, 5) is 11.7. The van der Waals surface area contributed by atoms with Crippen LogP contribution < -0.4 is 0 Å². The zero-order valence-electron chi connectivity index (χ0n) is 8.58. The second-order valence-corrected chi connectivity index (χ2v) is 3.60. The van der Waals surface area contributed by atoms with Crippen LogP contribution in [-0.2, 0) is 4.79 Å².